The van der Waals surface area contributed by atoms with E-state index in [2.05, 4.69) is 36.5 Å². The SMILES string of the molecule is Cc1ccc(-c2nn(Cc3ccccc3)cc2/C=C/C(=O)NCCCO)cc1. The van der Waals surface area contributed by atoms with E-state index in [1.54, 1.807) is 6.08 Å². The first-order chi connectivity index (χ1) is 13.7. The Morgan fingerprint density at radius 2 is 1.89 bits per heavy atom. The van der Waals surface area contributed by atoms with E-state index in [0.29, 0.717) is 19.5 Å². The van der Waals surface area contributed by atoms with Gasteiger partial charge in [-0.25, -0.2) is 0 Å². The third kappa shape index (κ3) is 5.41. The number of benzene rings is 2. The average Bonchev–Trinajstić information content (AvgIpc) is 3.10. The van der Waals surface area contributed by atoms with Crippen molar-refractivity contribution in [1.82, 2.24) is 15.1 Å². The van der Waals surface area contributed by atoms with Crippen LogP contribution in [0.15, 0.2) is 66.9 Å². The van der Waals surface area contributed by atoms with Gasteiger partial charge in [0.05, 0.1) is 12.2 Å². The summed E-state index contributed by atoms with van der Waals surface area (Å²) in [6.07, 6.45) is 5.81. The number of amides is 1. The third-order valence-corrected chi connectivity index (χ3v) is 4.35. The number of nitrogens with one attached hydrogen (secondary N) is 1. The number of aromatic nitrogens is 2. The molecule has 0 aliphatic carbocycles. The minimum atomic E-state index is -0.181. The zero-order chi connectivity index (χ0) is 19.8. The topological polar surface area (TPSA) is 67.2 Å². The first-order valence-corrected chi connectivity index (χ1v) is 9.41. The molecule has 5 heteroatoms. The number of nitrogens with zero attached hydrogens (tertiary/aromatic N) is 2. The fraction of sp³-hybridized carbons (Fsp3) is 0.217. The average molecular weight is 375 g/mol. The highest BCUT2D eigenvalue weighted by Gasteiger charge is 2.10. The molecule has 0 saturated heterocycles. The van der Waals surface area contributed by atoms with E-state index in [9.17, 15) is 4.79 Å². The Hall–Kier alpha value is -3.18. The summed E-state index contributed by atoms with van der Waals surface area (Å²) in [5.74, 6) is -0.181. The van der Waals surface area contributed by atoms with Crippen LogP contribution in [-0.4, -0.2) is 33.9 Å². The molecular weight excluding hydrogens is 350 g/mol. The van der Waals surface area contributed by atoms with Crippen LogP contribution in [0.25, 0.3) is 17.3 Å². The van der Waals surface area contributed by atoms with E-state index in [4.69, 9.17) is 10.2 Å². The minimum absolute atomic E-state index is 0.0633. The van der Waals surface area contributed by atoms with Crippen LogP contribution in [0.3, 0.4) is 0 Å². The molecule has 0 radical (unpaired) electrons. The van der Waals surface area contributed by atoms with Gasteiger partial charge in [-0.05, 0) is 25.0 Å². The highest BCUT2D eigenvalue weighted by molar-refractivity contribution is 5.92. The van der Waals surface area contributed by atoms with Gasteiger partial charge in [0.2, 0.25) is 5.91 Å². The second-order valence-electron chi connectivity index (χ2n) is 6.68. The largest absolute Gasteiger partial charge is 0.396 e. The Kier molecular flexibility index (Phi) is 6.76. The Balaban J connectivity index is 1.85. The molecule has 0 saturated carbocycles. The molecule has 1 heterocycles. The predicted molar refractivity (Wildman–Crippen MR) is 112 cm³/mol. The Morgan fingerprint density at radius 3 is 2.61 bits per heavy atom. The highest BCUT2D eigenvalue weighted by atomic mass is 16.3. The number of hydrogen-bond donors (Lipinski definition) is 2. The second-order valence-corrected chi connectivity index (χ2v) is 6.68. The molecule has 2 aromatic carbocycles. The number of rotatable bonds is 8. The van der Waals surface area contributed by atoms with Gasteiger partial charge < -0.3 is 10.4 Å². The van der Waals surface area contributed by atoms with Crippen LogP contribution in [0.4, 0.5) is 0 Å². The Labute approximate surface area is 165 Å². The van der Waals surface area contributed by atoms with Gasteiger partial charge >= 0.3 is 0 Å². The van der Waals surface area contributed by atoms with Crippen LogP contribution in [-0.2, 0) is 11.3 Å². The van der Waals surface area contributed by atoms with Gasteiger partial charge in [-0.1, -0.05) is 60.2 Å². The van der Waals surface area contributed by atoms with Crippen LogP contribution in [0.5, 0.6) is 0 Å². The lowest BCUT2D eigenvalue weighted by molar-refractivity contribution is -0.116. The smallest absolute Gasteiger partial charge is 0.244 e. The summed E-state index contributed by atoms with van der Waals surface area (Å²) in [5, 5.41) is 16.3. The number of carbonyl (C=O) groups excluding carboxylic acids is 1. The molecule has 0 aliphatic rings. The fourth-order valence-electron chi connectivity index (χ4n) is 2.86. The van der Waals surface area contributed by atoms with Crippen molar-refractivity contribution < 1.29 is 9.90 Å². The molecule has 3 rings (SSSR count). The van der Waals surface area contributed by atoms with E-state index < -0.39 is 0 Å². The van der Waals surface area contributed by atoms with Crippen molar-refractivity contribution in [1.29, 1.82) is 0 Å². The van der Waals surface area contributed by atoms with E-state index in [1.165, 1.54) is 11.6 Å². The number of aliphatic hydroxyl groups is 1. The lowest BCUT2D eigenvalue weighted by atomic mass is 10.1. The number of aliphatic hydroxyl groups excluding tert-OH is 1. The zero-order valence-corrected chi connectivity index (χ0v) is 16.0. The monoisotopic (exact) mass is 375 g/mol. The zero-order valence-electron chi connectivity index (χ0n) is 16.0. The Bertz CT molecular complexity index is 928. The van der Waals surface area contributed by atoms with Gasteiger partial charge in [-0.3, -0.25) is 9.48 Å². The van der Waals surface area contributed by atoms with Gasteiger partial charge in [0.15, 0.2) is 0 Å². The van der Waals surface area contributed by atoms with Crippen molar-refractivity contribution in [2.75, 3.05) is 13.2 Å². The predicted octanol–water partition coefficient (Wildman–Crippen LogP) is 3.42. The van der Waals surface area contributed by atoms with Crippen molar-refractivity contribution in [2.45, 2.75) is 19.9 Å². The van der Waals surface area contributed by atoms with Crippen molar-refractivity contribution in [3.8, 4) is 11.3 Å². The van der Waals surface area contributed by atoms with E-state index in [0.717, 1.165) is 22.4 Å². The summed E-state index contributed by atoms with van der Waals surface area (Å²) in [6.45, 7) is 3.23. The molecule has 0 fully saturated rings. The molecule has 28 heavy (non-hydrogen) atoms. The first kappa shape index (κ1) is 19.6. The van der Waals surface area contributed by atoms with Crippen LogP contribution in [0.2, 0.25) is 0 Å². The Morgan fingerprint density at radius 1 is 1.14 bits per heavy atom. The molecule has 3 aromatic rings. The maximum Gasteiger partial charge on any atom is 0.244 e. The molecule has 2 N–H and O–H groups in total. The van der Waals surface area contributed by atoms with Gasteiger partial charge in [-0.2, -0.15) is 5.10 Å². The van der Waals surface area contributed by atoms with Gasteiger partial charge in [-0.15, -0.1) is 0 Å². The van der Waals surface area contributed by atoms with E-state index >= 15 is 0 Å². The number of aryl methyl sites for hydroxylation is 1. The first-order valence-electron chi connectivity index (χ1n) is 9.41. The van der Waals surface area contributed by atoms with Crippen molar-refractivity contribution in [2.24, 2.45) is 0 Å². The summed E-state index contributed by atoms with van der Waals surface area (Å²) < 4.78 is 1.90. The van der Waals surface area contributed by atoms with Crippen molar-refractivity contribution in [3.63, 3.8) is 0 Å². The maximum absolute atomic E-state index is 12.0. The van der Waals surface area contributed by atoms with Crippen LogP contribution in [0, 0.1) is 6.92 Å². The van der Waals surface area contributed by atoms with Crippen molar-refractivity contribution in [3.05, 3.63) is 83.6 Å². The standard InChI is InChI=1S/C23H25N3O2/c1-18-8-10-20(11-9-18)23-21(12-13-22(28)24-14-5-15-27)17-26(25-23)16-19-6-3-2-4-7-19/h2-4,6-13,17,27H,5,14-16H2,1H3,(H,24,28)/b13-12+. The normalized spacial score (nSPS) is 11.1. The quantitative estimate of drug-likeness (QED) is 0.468. The van der Waals surface area contributed by atoms with Crippen LogP contribution in [0.1, 0.15) is 23.1 Å². The van der Waals surface area contributed by atoms with Gasteiger partial charge in [0, 0.05) is 36.6 Å². The molecule has 1 amide bonds. The van der Waals surface area contributed by atoms with Gasteiger partial charge in [0.1, 0.15) is 0 Å². The van der Waals surface area contributed by atoms with E-state index in [-0.39, 0.29) is 12.5 Å². The molecule has 5 nitrogen and oxygen atoms in total. The molecular formula is C23H25N3O2. The number of hydrogen-bond acceptors (Lipinski definition) is 3. The summed E-state index contributed by atoms with van der Waals surface area (Å²) in [5.41, 5.74) is 5.09. The lowest BCUT2D eigenvalue weighted by Crippen LogP contribution is -2.22. The number of carbonyl (C=O) groups is 1. The maximum atomic E-state index is 12.0. The van der Waals surface area contributed by atoms with Gasteiger partial charge in [0.25, 0.3) is 0 Å². The third-order valence-electron chi connectivity index (χ3n) is 4.35. The molecule has 1 aromatic heterocycles. The molecule has 0 aliphatic heterocycles. The highest BCUT2D eigenvalue weighted by Crippen LogP contribution is 2.24. The van der Waals surface area contributed by atoms with Crippen LogP contribution >= 0.6 is 0 Å². The molecule has 0 atom stereocenters. The molecule has 0 unspecified atom stereocenters. The summed E-state index contributed by atoms with van der Waals surface area (Å²) in [4.78, 5) is 12.0. The van der Waals surface area contributed by atoms with E-state index in [1.807, 2.05) is 41.2 Å². The van der Waals surface area contributed by atoms with Crippen LogP contribution < -0.4 is 5.32 Å². The van der Waals surface area contributed by atoms with Crippen molar-refractivity contribution >= 4 is 12.0 Å². The molecule has 0 bridgehead atoms. The second kappa shape index (κ2) is 9.67. The summed E-state index contributed by atoms with van der Waals surface area (Å²) in [6, 6.07) is 18.4. The fourth-order valence-corrected chi connectivity index (χ4v) is 2.86. The summed E-state index contributed by atoms with van der Waals surface area (Å²) in [7, 11) is 0. The lowest BCUT2D eigenvalue weighted by Gasteiger charge is -2.02. The molecule has 144 valence electrons. The molecule has 0 spiro atoms. The minimum Gasteiger partial charge on any atom is -0.396 e. The summed E-state index contributed by atoms with van der Waals surface area (Å²) >= 11 is 0.